The Bertz CT molecular complexity index is 522. The molecule has 1 atom stereocenters. The van der Waals surface area contributed by atoms with Crippen LogP contribution in [0.25, 0.3) is 0 Å². The zero-order chi connectivity index (χ0) is 16.9. The van der Waals surface area contributed by atoms with E-state index in [1.807, 2.05) is 0 Å². The first kappa shape index (κ1) is 18.9. The smallest absolute Gasteiger partial charge is 0.311 e. The molecule has 0 saturated carbocycles. The number of unbranched alkanes of at least 4 members (excludes halogenated alkanes) is 3. The number of benzene rings is 1. The van der Waals surface area contributed by atoms with E-state index >= 15 is 0 Å². The third-order valence-corrected chi connectivity index (χ3v) is 3.83. The van der Waals surface area contributed by atoms with Crippen LogP contribution in [-0.2, 0) is 4.79 Å². The third-order valence-electron chi connectivity index (χ3n) is 3.27. The lowest BCUT2D eigenvalue weighted by Gasteiger charge is -2.15. The number of carbonyl (C=O) groups is 1. The minimum atomic E-state index is -2.29. The molecular formula is C14H14BrF5O2. The maximum absolute atomic E-state index is 13.7. The van der Waals surface area contributed by atoms with Gasteiger partial charge < -0.3 is 5.11 Å². The van der Waals surface area contributed by atoms with E-state index < -0.39 is 46.5 Å². The van der Waals surface area contributed by atoms with Crippen molar-refractivity contribution in [1.82, 2.24) is 0 Å². The summed E-state index contributed by atoms with van der Waals surface area (Å²) in [6, 6.07) is 0. The van der Waals surface area contributed by atoms with Gasteiger partial charge in [-0.1, -0.05) is 35.2 Å². The lowest BCUT2D eigenvalue weighted by atomic mass is 9.91. The van der Waals surface area contributed by atoms with Gasteiger partial charge in [-0.2, -0.15) is 0 Å². The van der Waals surface area contributed by atoms with E-state index in [0.717, 1.165) is 18.2 Å². The fourth-order valence-electron chi connectivity index (χ4n) is 2.12. The van der Waals surface area contributed by atoms with Crippen molar-refractivity contribution in [3.63, 3.8) is 0 Å². The molecule has 0 aliphatic carbocycles. The molecule has 0 amide bonds. The second kappa shape index (κ2) is 8.45. The standard InChI is InChI=1S/C14H14BrF5O2/c15-6-4-2-1-3-5-7(14(21)22)8-9(16)11(18)13(20)12(19)10(8)17/h7H,1-6H2,(H,21,22). The molecule has 1 aromatic rings. The van der Waals surface area contributed by atoms with Gasteiger partial charge in [0.1, 0.15) is 0 Å². The minimum Gasteiger partial charge on any atom is -0.481 e. The van der Waals surface area contributed by atoms with Crippen molar-refractivity contribution in [2.45, 2.75) is 38.0 Å². The Morgan fingerprint density at radius 1 is 0.864 bits per heavy atom. The van der Waals surface area contributed by atoms with Crippen LogP contribution in [0.3, 0.4) is 0 Å². The zero-order valence-electron chi connectivity index (χ0n) is 11.4. The van der Waals surface area contributed by atoms with Gasteiger partial charge in [0.2, 0.25) is 5.82 Å². The van der Waals surface area contributed by atoms with Gasteiger partial charge in [-0.05, 0) is 12.8 Å². The summed E-state index contributed by atoms with van der Waals surface area (Å²) >= 11 is 3.22. The molecule has 0 fully saturated rings. The van der Waals surface area contributed by atoms with Crippen molar-refractivity contribution in [3.8, 4) is 0 Å². The summed E-state index contributed by atoms with van der Waals surface area (Å²) < 4.78 is 66.6. The Kier molecular flexibility index (Phi) is 7.25. The molecule has 0 aliphatic heterocycles. The molecule has 1 unspecified atom stereocenters. The van der Waals surface area contributed by atoms with E-state index in [1.165, 1.54) is 0 Å². The van der Waals surface area contributed by atoms with Crippen molar-refractivity contribution in [2.75, 3.05) is 5.33 Å². The summed E-state index contributed by atoms with van der Waals surface area (Å²) in [6.45, 7) is 0. The summed E-state index contributed by atoms with van der Waals surface area (Å²) in [5.41, 5.74) is -1.27. The highest BCUT2D eigenvalue weighted by atomic mass is 79.9. The van der Waals surface area contributed by atoms with Gasteiger partial charge in [0, 0.05) is 10.9 Å². The molecule has 0 saturated heterocycles. The van der Waals surface area contributed by atoms with Crippen LogP contribution in [0.4, 0.5) is 22.0 Å². The van der Waals surface area contributed by atoms with Crippen LogP contribution in [-0.4, -0.2) is 16.4 Å². The number of hydrogen-bond acceptors (Lipinski definition) is 1. The molecule has 1 aromatic carbocycles. The van der Waals surface area contributed by atoms with E-state index in [4.69, 9.17) is 5.11 Å². The van der Waals surface area contributed by atoms with Gasteiger partial charge in [0.25, 0.3) is 0 Å². The molecule has 0 aromatic heterocycles. The topological polar surface area (TPSA) is 37.3 Å². The van der Waals surface area contributed by atoms with E-state index in [-0.39, 0.29) is 6.42 Å². The van der Waals surface area contributed by atoms with Crippen LogP contribution >= 0.6 is 15.9 Å². The monoisotopic (exact) mass is 388 g/mol. The predicted octanol–water partition coefficient (Wildman–Crippen LogP) is 4.90. The molecule has 0 aliphatic rings. The van der Waals surface area contributed by atoms with Gasteiger partial charge in [0.15, 0.2) is 23.3 Å². The summed E-state index contributed by atoms with van der Waals surface area (Å²) in [7, 11) is 0. The third kappa shape index (κ3) is 4.18. The fourth-order valence-corrected chi connectivity index (χ4v) is 2.51. The summed E-state index contributed by atoms with van der Waals surface area (Å²) in [6.07, 6.45) is 2.33. The molecule has 0 radical (unpaired) electrons. The average Bonchev–Trinajstić information content (AvgIpc) is 2.48. The number of rotatable bonds is 8. The van der Waals surface area contributed by atoms with Crippen LogP contribution in [0, 0.1) is 29.1 Å². The quantitative estimate of drug-likeness (QED) is 0.226. The highest BCUT2D eigenvalue weighted by Gasteiger charge is 2.33. The lowest BCUT2D eigenvalue weighted by Crippen LogP contribution is -2.18. The minimum absolute atomic E-state index is 0.198. The Morgan fingerprint density at radius 3 is 1.77 bits per heavy atom. The molecule has 1 N–H and O–H groups in total. The lowest BCUT2D eigenvalue weighted by molar-refractivity contribution is -0.139. The Morgan fingerprint density at radius 2 is 1.32 bits per heavy atom. The van der Waals surface area contributed by atoms with Crippen molar-refractivity contribution < 1.29 is 31.9 Å². The normalized spacial score (nSPS) is 12.5. The first-order chi connectivity index (χ1) is 10.3. The second-order valence-electron chi connectivity index (χ2n) is 4.77. The molecule has 8 heteroatoms. The fraction of sp³-hybridized carbons (Fsp3) is 0.500. The van der Waals surface area contributed by atoms with Crippen LogP contribution in [0.1, 0.15) is 43.6 Å². The Labute approximate surface area is 132 Å². The number of carboxylic acid groups (broad SMARTS) is 1. The highest BCUT2D eigenvalue weighted by molar-refractivity contribution is 9.09. The van der Waals surface area contributed by atoms with E-state index in [2.05, 4.69) is 15.9 Å². The first-order valence-corrected chi connectivity index (χ1v) is 7.75. The van der Waals surface area contributed by atoms with Gasteiger partial charge >= 0.3 is 5.97 Å². The van der Waals surface area contributed by atoms with Crippen LogP contribution < -0.4 is 0 Å². The summed E-state index contributed by atoms with van der Waals surface area (Å²) in [5, 5.41) is 9.82. The Hall–Kier alpha value is -1.18. The number of halogens is 6. The summed E-state index contributed by atoms with van der Waals surface area (Å²) in [4.78, 5) is 11.2. The van der Waals surface area contributed by atoms with Crippen LogP contribution in [0.15, 0.2) is 0 Å². The van der Waals surface area contributed by atoms with Crippen LogP contribution in [0.2, 0.25) is 0 Å². The predicted molar refractivity (Wildman–Crippen MR) is 73.5 cm³/mol. The molecule has 22 heavy (non-hydrogen) atoms. The second-order valence-corrected chi connectivity index (χ2v) is 5.56. The maximum atomic E-state index is 13.7. The van der Waals surface area contributed by atoms with Gasteiger partial charge in [0.05, 0.1) is 5.92 Å². The SMILES string of the molecule is O=C(O)C(CCCCCCBr)c1c(F)c(F)c(F)c(F)c1F. The van der Waals surface area contributed by atoms with E-state index in [1.54, 1.807) is 0 Å². The van der Waals surface area contributed by atoms with Crippen molar-refractivity contribution in [2.24, 2.45) is 0 Å². The number of hydrogen-bond donors (Lipinski definition) is 1. The molecule has 0 spiro atoms. The highest BCUT2D eigenvalue weighted by Crippen LogP contribution is 2.32. The van der Waals surface area contributed by atoms with E-state index in [9.17, 15) is 26.7 Å². The van der Waals surface area contributed by atoms with Gasteiger partial charge in [-0.25, -0.2) is 22.0 Å². The van der Waals surface area contributed by atoms with Crippen molar-refractivity contribution >= 4 is 21.9 Å². The number of alkyl halides is 1. The van der Waals surface area contributed by atoms with Gasteiger partial charge in [-0.3, -0.25) is 4.79 Å². The average molecular weight is 389 g/mol. The molecule has 2 nitrogen and oxygen atoms in total. The molecule has 0 heterocycles. The van der Waals surface area contributed by atoms with E-state index in [0.29, 0.717) is 12.8 Å². The molecule has 1 rings (SSSR count). The molecule has 124 valence electrons. The van der Waals surface area contributed by atoms with Crippen LogP contribution in [0.5, 0.6) is 0 Å². The molecular weight excluding hydrogens is 375 g/mol. The largest absolute Gasteiger partial charge is 0.481 e. The summed E-state index contributed by atoms with van der Waals surface area (Å²) in [5.74, 6) is -14.1. The Balaban J connectivity index is 3.05. The first-order valence-electron chi connectivity index (χ1n) is 6.63. The van der Waals surface area contributed by atoms with Gasteiger partial charge in [-0.15, -0.1) is 0 Å². The zero-order valence-corrected chi connectivity index (χ0v) is 13.0. The maximum Gasteiger partial charge on any atom is 0.311 e. The van der Waals surface area contributed by atoms with Crippen molar-refractivity contribution in [3.05, 3.63) is 34.6 Å². The number of carboxylic acids is 1. The molecule has 0 bridgehead atoms. The van der Waals surface area contributed by atoms with Crippen molar-refractivity contribution in [1.29, 1.82) is 0 Å². The number of aliphatic carboxylic acids is 1.